The average Bonchev–Trinajstić information content (AvgIpc) is 3.60. The van der Waals surface area contributed by atoms with Crippen molar-refractivity contribution in [2.24, 2.45) is 32.3 Å². The number of hydrogen-bond donors (Lipinski definition) is 4. The highest BCUT2D eigenvalue weighted by Gasteiger charge is 2.42. The van der Waals surface area contributed by atoms with Gasteiger partial charge in [-0.1, -0.05) is 89.5 Å². The van der Waals surface area contributed by atoms with Gasteiger partial charge < -0.3 is 16.6 Å². The number of amidine groups is 1. The molecule has 0 aliphatic carbocycles. The average molecular weight is 716 g/mol. The molecule has 1 aromatic heterocycles. The van der Waals surface area contributed by atoms with Crippen LogP contribution < -0.4 is 11.5 Å². The van der Waals surface area contributed by atoms with E-state index in [1.54, 1.807) is 36.1 Å². The molecule has 0 bridgehead atoms. The SMILES string of the molecule is CC(C)(C)C.CC(N)=NC=N.CC1(C)CN(CC(c2ccc(Cl)cc2)N2C(=O)C(c3ccc(-c4cnn(C(F)F)c4)cc3)N=C2N)C1.O=CO. The minimum Gasteiger partial charge on any atom is -0.483 e. The Morgan fingerprint density at radius 3 is 2.08 bits per heavy atom. The van der Waals surface area contributed by atoms with Crippen LogP contribution in [0.3, 0.4) is 0 Å². The van der Waals surface area contributed by atoms with Gasteiger partial charge in [0.2, 0.25) is 0 Å². The van der Waals surface area contributed by atoms with E-state index in [9.17, 15) is 13.6 Å². The molecule has 2 aliphatic rings. The zero-order chi connectivity index (χ0) is 37.8. The van der Waals surface area contributed by atoms with E-state index in [0.29, 0.717) is 44.2 Å². The minimum absolute atomic E-state index is 0.173. The fourth-order valence-electron chi connectivity index (χ4n) is 5.14. The number of aliphatic imine (C=N–C) groups is 2. The lowest BCUT2D eigenvalue weighted by Gasteiger charge is -2.48. The van der Waals surface area contributed by atoms with Crippen LogP contribution in [-0.2, 0) is 9.59 Å². The Morgan fingerprint density at radius 1 is 1.12 bits per heavy atom. The Morgan fingerprint density at radius 2 is 1.66 bits per heavy atom. The van der Waals surface area contributed by atoms with Gasteiger partial charge in [-0.25, -0.2) is 14.7 Å². The number of hydrogen-bond acceptors (Lipinski definition) is 7. The Bertz CT molecular complexity index is 1600. The molecule has 1 saturated heterocycles. The number of carboxylic acid groups (broad SMARTS) is 1. The van der Waals surface area contributed by atoms with Crippen molar-refractivity contribution in [3.8, 4) is 11.1 Å². The standard InChI is InChI=1S/C26H27ClF2N6O.C5H12.C3H7N3.CH2O2/c1-26(2)14-33(15-26)13-21(17-7-9-20(27)10-8-17)35-23(36)22(32-25(35)30)18-5-3-16(4-6-18)19-11-31-34(12-19)24(28)29;1-5(2,3)4;1-3(5)6-2-4;2-1-3/h3-12,21-22,24H,13-15H2,1-2H3,(H2,30,32);1-4H3;2H,1H3,(H3,4,5,6);1H,(H,2,3). The molecule has 272 valence electrons. The second kappa shape index (κ2) is 18.3. The van der Waals surface area contributed by atoms with Crippen LogP contribution in [0, 0.1) is 16.2 Å². The van der Waals surface area contributed by atoms with Crippen molar-refractivity contribution in [2.45, 2.75) is 67.1 Å². The molecule has 1 fully saturated rings. The first kappa shape index (κ1) is 41.5. The first-order valence-electron chi connectivity index (χ1n) is 15.7. The van der Waals surface area contributed by atoms with E-state index in [4.69, 9.17) is 38.4 Å². The summed E-state index contributed by atoms with van der Waals surface area (Å²) in [5.74, 6) is 0.391. The number of amides is 1. The van der Waals surface area contributed by atoms with E-state index < -0.39 is 12.6 Å². The predicted octanol–water partition coefficient (Wildman–Crippen LogP) is 6.60. The minimum atomic E-state index is -2.70. The van der Waals surface area contributed by atoms with Crippen LogP contribution in [0.25, 0.3) is 11.1 Å². The van der Waals surface area contributed by atoms with E-state index in [1.807, 2.05) is 24.3 Å². The number of alkyl halides is 2. The van der Waals surface area contributed by atoms with E-state index in [-0.39, 0.29) is 29.8 Å². The molecule has 2 aromatic carbocycles. The summed E-state index contributed by atoms with van der Waals surface area (Å²) < 4.78 is 26.3. The third-order valence-electron chi connectivity index (χ3n) is 6.91. The molecule has 0 radical (unpaired) electrons. The highest BCUT2D eigenvalue weighted by atomic mass is 35.5. The lowest BCUT2D eigenvalue weighted by Crippen LogP contribution is -2.56. The molecule has 3 heterocycles. The van der Waals surface area contributed by atoms with Crippen LogP contribution in [0.5, 0.6) is 0 Å². The van der Waals surface area contributed by atoms with Gasteiger partial charge in [-0.05, 0) is 46.6 Å². The van der Waals surface area contributed by atoms with Gasteiger partial charge in [0.25, 0.3) is 12.4 Å². The third kappa shape index (κ3) is 13.0. The van der Waals surface area contributed by atoms with Crippen molar-refractivity contribution in [3.05, 3.63) is 77.1 Å². The molecule has 1 amide bonds. The lowest BCUT2D eigenvalue weighted by atomic mass is 9.84. The molecule has 2 aliphatic heterocycles. The summed E-state index contributed by atoms with van der Waals surface area (Å²) in [6, 6.07) is 13.4. The number of nitrogens with one attached hydrogen (secondary N) is 1. The maximum Gasteiger partial charge on any atom is 0.333 e. The van der Waals surface area contributed by atoms with Gasteiger partial charge in [-0.3, -0.25) is 24.8 Å². The highest BCUT2D eigenvalue weighted by molar-refractivity contribution is 6.30. The summed E-state index contributed by atoms with van der Waals surface area (Å²) >= 11 is 6.11. The summed E-state index contributed by atoms with van der Waals surface area (Å²) in [6.07, 6.45) is 3.58. The number of carbonyl (C=O) groups is 2. The highest BCUT2D eigenvalue weighted by Crippen LogP contribution is 2.37. The molecular formula is C35H48ClF2N9O3. The van der Waals surface area contributed by atoms with Crippen LogP contribution in [0.15, 0.2) is 70.9 Å². The van der Waals surface area contributed by atoms with Crippen LogP contribution in [0.4, 0.5) is 8.78 Å². The molecule has 2 atom stereocenters. The van der Waals surface area contributed by atoms with Gasteiger partial charge in [0, 0.05) is 36.4 Å². The third-order valence-corrected chi connectivity index (χ3v) is 7.16. The predicted molar refractivity (Wildman–Crippen MR) is 194 cm³/mol. The number of benzene rings is 2. The van der Waals surface area contributed by atoms with Gasteiger partial charge in [-0.2, -0.15) is 13.9 Å². The summed E-state index contributed by atoms with van der Waals surface area (Å²) in [6.45, 7) is 14.4. The second-order valence-corrected chi connectivity index (χ2v) is 14.5. The molecule has 0 saturated carbocycles. The molecule has 12 nitrogen and oxygen atoms in total. The quantitative estimate of drug-likeness (QED) is 0.115. The molecule has 0 spiro atoms. The van der Waals surface area contributed by atoms with Gasteiger partial charge in [0.05, 0.1) is 18.1 Å². The van der Waals surface area contributed by atoms with Crippen molar-refractivity contribution < 1.29 is 23.5 Å². The van der Waals surface area contributed by atoms with Crippen molar-refractivity contribution in [1.82, 2.24) is 19.6 Å². The number of aromatic nitrogens is 2. The molecular weight excluding hydrogens is 668 g/mol. The molecule has 15 heteroatoms. The Kier molecular flexibility index (Phi) is 15.2. The Balaban J connectivity index is 0.000000527. The molecule has 50 heavy (non-hydrogen) atoms. The van der Waals surface area contributed by atoms with Gasteiger partial charge in [-0.15, -0.1) is 0 Å². The van der Waals surface area contributed by atoms with E-state index in [2.05, 4.69) is 61.5 Å². The largest absolute Gasteiger partial charge is 0.483 e. The first-order chi connectivity index (χ1) is 23.3. The topological polar surface area (TPSA) is 179 Å². The smallest absolute Gasteiger partial charge is 0.333 e. The number of nitrogens with zero attached hydrogens (tertiary/aromatic N) is 6. The van der Waals surface area contributed by atoms with Crippen molar-refractivity contribution in [2.75, 3.05) is 19.6 Å². The van der Waals surface area contributed by atoms with E-state index in [1.165, 1.54) is 12.4 Å². The summed E-state index contributed by atoms with van der Waals surface area (Å²) in [5, 5.41) is 17.5. The van der Waals surface area contributed by atoms with E-state index in [0.717, 1.165) is 25.0 Å². The van der Waals surface area contributed by atoms with Crippen LogP contribution in [0.1, 0.15) is 78.2 Å². The monoisotopic (exact) mass is 715 g/mol. The number of halogens is 3. The fourth-order valence-corrected chi connectivity index (χ4v) is 5.26. The number of nitrogens with two attached hydrogens (primary N) is 2. The summed E-state index contributed by atoms with van der Waals surface area (Å²) in [7, 11) is 0. The maximum absolute atomic E-state index is 13.6. The number of rotatable bonds is 8. The Labute approximate surface area is 297 Å². The molecule has 5 rings (SSSR count). The van der Waals surface area contributed by atoms with Crippen molar-refractivity contribution in [3.63, 3.8) is 0 Å². The summed E-state index contributed by atoms with van der Waals surface area (Å²) in [5.41, 5.74) is 15.0. The Hall–Kier alpha value is -4.69. The first-order valence-corrected chi connectivity index (χ1v) is 16.1. The molecule has 6 N–H and O–H groups in total. The van der Waals surface area contributed by atoms with E-state index >= 15 is 0 Å². The zero-order valence-corrected chi connectivity index (χ0v) is 30.3. The lowest BCUT2D eigenvalue weighted by molar-refractivity contribution is -0.130. The van der Waals surface area contributed by atoms with Crippen molar-refractivity contribution >= 4 is 42.1 Å². The number of guanidine groups is 1. The molecule has 2 unspecified atom stereocenters. The van der Waals surface area contributed by atoms with Crippen LogP contribution in [0.2, 0.25) is 5.02 Å². The van der Waals surface area contributed by atoms with Gasteiger partial charge in [0.15, 0.2) is 12.0 Å². The summed E-state index contributed by atoms with van der Waals surface area (Å²) in [4.78, 5) is 33.8. The normalized spacial score (nSPS) is 17.5. The van der Waals surface area contributed by atoms with Gasteiger partial charge >= 0.3 is 6.55 Å². The fraction of sp³-hybridized carbons (Fsp3) is 0.429. The number of likely N-dealkylation sites (tertiary alicyclic amines) is 1. The molecule has 3 aromatic rings. The van der Waals surface area contributed by atoms with Crippen molar-refractivity contribution in [1.29, 1.82) is 5.41 Å². The van der Waals surface area contributed by atoms with Crippen LogP contribution in [-0.4, -0.2) is 74.8 Å². The van der Waals surface area contributed by atoms with Gasteiger partial charge in [0.1, 0.15) is 6.34 Å². The second-order valence-electron chi connectivity index (χ2n) is 14.1. The maximum atomic E-state index is 13.6. The zero-order valence-electron chi connectivity index (χ0n) is 29.5. The van der Waals surface area contributed by atoms with Crippen LogP contribution >= 0.6 is 11.6 Å². The number of carbonyl (C=O) groups excluding carboxylic acids is 1.